The van der Waals surface area contributed by atoms with Gasteiger partial charge < -0.3 is 4.90 Å². The lowest BCUT2D eigenvalue weighted by atomic mass is 10.1. The van der Waals surface area contributed by atoms with E-state index >= 15 is 0 Å². The summed E-state index contributed by atoms with van der Waals surface area (Å²) in [6.07, 6.45) is 1.70. The molecule has 0 radical (unpaired) electrons. The lowest BCUT2D eigenvalue weighted by Crippen LogP contribution is -2.12. The normalized spacial score (nSPS) is 11.7. The first-order valence-corrected chi connectivity index (χ1v) is 10.2. The van der Waals surface area contributed by atoms with E-state index in [1.807, 2.05) is 43.3 Å². The topological polar surface area (TPSA) is 111 Å². The van der Waals surface area contributed by atoms with Crippen LogP contribution in [0.5, 0.6) is 0 Å². The Morgan fingerprint density at radius 3 is 2.41 bits per heavy atom. The number of hydrogen-bond donors (Lipinski definition) is 1. The summed E-state index contributed by atoms with van der Waals surface area (Å²) in [5.74, 6) is -0.173. The Hall–Kier alpha value is -3.30. The quantitative estimate of drug-likeness (QED) is 0.381. The van der Waals surface area contributed by atoms with Crippen LogP contribution in [0.15, 0.2) is 64.5 Å². The molecule has 0 atom stereocenters. The summed E-state index contributed by atoms with van der Waals surface area (Å²) in [5, 5.41) is 9.56. The average molecular weight is 411 g/mol. The number of carbonyl (C=O) groups excluding carboxylic acids is 1. The Morgan fingerprint density at radius 1 is 1.14 bits per heavy atom. The summed E-state index contributed by atoms with van der Waals surface area (Å²) in [5.41, 5.74) is 3.15. The fourth-order valence-corrected chi connectivity index (χ4v) is 3.18. The van der Waals surface area contributed by atoms with E-state index in [1.165, 1.54) is 19.1 Å². The monoisotopic (exact) mass is 411 g/mol. The van der Waals surface area contributed by atoms with Gasteiger partial charge in [0.1, 0.15) is 5.69 Å². The molecule has 150 valence electrons. The van der Waals surface area contributed by atoms with E-state index in [2.05, 4.69) is 10.1 Å². The summed E-state index contributed by atoms with van der Waals surface area (Å²) < 4.78 is 24.6. The number of hydrogen-bond acceptors (Lipinski definition) is 5. The maximum Gasteiger partial charge on any atom is 0.238 e. The van der Waals surface area contributed by atoms with Crippen LogP contribution >= 0.6 is 0 Å². The van der Waals surface area contributed by atoms with E-state index < -0.39 is 10.0 Å². The summed E-state index contributed by atoms with van der Waals surface area (Å²) in [4.78, 5) is 18.1. The summed E-state index contributed by atoms with van der Waals surface area (Å²) >= 11 is 0. The van der Waals surface area contributed by atoms with E-state index in [1.54, 1.807) is 29.2 Å². The molecule has 3 aromatic rings. The minimum Gasteiger partial charge on any atom is -0.369 e. The molecule has 0 spiro atoms. The van der Waals surface area contributed by atoms with Gasteiger partial charge in [-0.15, -0.1) is 0 Å². The van der Waals surface area contributed by atoms with Crippen LogP contribution in [-0.2, 0) is 10.0 Å². The van der Waals surface area contributed by atoms with Gasteiger partial charge >= 0.3 is 0 Å². The first-order chi connectivity index (χ1) is 13.6. The second kappa shape index (κ2) is 7.98. The van der Waals surface area contributed by atoms with Crippen molar-refractivity contribution in [2.45, 2.75) is 11.8 Å². The number of aromatic nitrogens is 2. The van der Waals surface area contributed by atoms with E-state index in [0.29, 0.717) is 17.1 Å². The molecule has 1 aromatic heterocycles. The minimum absolute atomic E-state index is 0.00164. The predicted molar refractivity (Wildman–Crippen MR) is 112 cm³/mol. The van der Waals surface area contributed by atoms with Crippen molar-refractivity contribution in [2.75, 3.05) is 14.1 Å². The Labute approximate surface area is 169 Å². The van der Waals surface area contributed by atoms with Crippen molar-refractivity contribution in [1.82, 2.24) is 14.7 Å². The molecule has 9 heteroatoms. The van der Waals surface area contributed by atoms with Gasteiger partial charge in [0.25, 0.3) is 0 Å². The third kappa shape index (κ3) is 4.76. The zero-order valence-electron chi connectivity index (χ0n) is 16.3. The number of sulfonamides is 1. The molecule has 1 heterocycles. The van der Waals surface area contributed by atoms with Crippen LogP contribution in [0.4, 0.5) is 5.69 Å². The van der Waals surface area contributed by atoms with Crippen LogP contribution in [0.2, 0.25) is 0 Å². The number of aliphatic imine (C=N–C) groups is 1. The number of ketones is 1. The van der Waals surface area contributed by atoms with Crippen LogP contribution in [-0.4, -0.2) is 49.3 Å². The lowest BCUT2D eigenvalue weighted by Gasteiger charge is -2.09. The highest BCUT2D eigenvalue weighted by molar-refractivity contribution is 7.89. The van der Waals surface area contributed by atoms with E-state index in [9.17, 15) is 13.2 Å². The number of nitrogens with two attached hydrogens (primary N) is 1. The number of nitrogens with zero attached hydrogens (tertiary/aromatic N) is 4. The Bertz CT molecular complexity index is 1180. The smallest absolute Gasteiger partial charge is 0.238 e. The minimum atomic E-state index is -3.79. The first-order valence-electron chi connectivity index (χ1n) is 8.70. The van der Waals surface area contributed by atoms with Gasteiger partial charge in [0, 0.05) is 26.6 Å². The van der Waals surface area contributed by atoms with Crippen LogP contribution in [0.1, 0.15) is 17.4 Å². The molecule has 0 saturated carbocycles. The van der Waals surface area contributed by atoms with Gasteiger partial charge in [-0.1, -0.05) is 12.1 Å². The first kappa shape index (κ1) is 20.4. The van der Waals surface area contributed by atoms with Gasteiger partial charge in [0.15, 0.2) is 5.78 Å². The molecule has 29 heavy (non-hydrogen) atoms. The maximum absolute atomic E-state index is 11.9. The zero-order chi connectivity index (χ0) is 21.2. The second-order valence-corrected chi connectivity index (χ2v) is 8.24. The summed E-state index contributed by atoms with van der Waals surface area (Å²) in [7, 11) is -0.0315. The molecule has 0 amide bonds. The van der Waals surface area contributed by atoms with Gasteiger partial charge in [-0.3, -0.25) is 4.79 Å². The molecule has 2 N–H and O–H groups in total. The van der Waals surface area contributed by atoms with Crippen LogP contribution in [0.3, 0.4) is 0 Å². The highest BCUT2D eigenvalue weighted by atomic mass is 32.2. The number of rotatable bonds is 6. The van der Waals surface area contributed by atoms with Gasteiger partial charge in [-0.05, 0) is 42.5 Å². The highest BCUT2D eigenvalue weighted by Crippen LogP contribution is 2.28. The average Bonchev–Trinajstić information content (AvgIpc) is 3.12. The van der Waals surface area contributed by atoms with Crippen molar-refractivity contribution in [3.8, 4) is 16.9 Å². The number of benzene rings is 2. The molecule has 0 aliphatic carbocycles. The van der Waals surface area contributed by atoms with Gasteiger partial charge in [-0.2, -0.15) is 5.10 Å². The van der Waals surface area contributed by atoms with Crippen molar-refractivity contribution in [2.24, 2.45) is 10.1 Å². The summed E-state index contributed by atoms with van der Waals surface area (Å²) in [6, 6.07) is 15.2. The number of carbonyl (C=O) groups is 1. The Kier molecular flexibility index (Phi) is 5.62. The fourth-order valence-electron chi connectivity index (χ4n) is 2.66. The van der Waals surface area contributed by atoms with Crippen molar-refractivity contribution in [3.05, 3.63) is 60.3 Å². The fraction of sp³-hybridized carbons (Fsp3) is 0.150. The Balaban J connectivity index is 2.11. The molecule has 0 aliphatic heterocycles. The van der Waals surface area contributed by atoms with Gasteiger partial charge in [0.05, 0.1) is 28.3 Å². The highest BCUT2D eigenvalue weighted by Gasteiger charge is 2.15. The molecule has 8 nitrogen and oxygen atoms in total. The lowest BCUT2D eigenvalue weighted by molar-refractivity contribution is 0.101. The molecule has 0 bridgehead atoms. The van der Waals surface area contributed by atoms with E-state index in [-0.39, 0.29) is 10.7 Å². The third-order valence-electron chi connectivity index (χ3n) is 4.06. The van der Waals surface area contributed by atoms with Crippen LogP contribution < -0.4 is 5.14 Å². The number of primary sulfonamides is 1. The van der Waals surface area contributed by atoms with Gasteiger partial charge in [0.2, 0.25) is 10.0 Å². The molecule has 0 fully saturated rings. The molecule has 0 aliphatic rings. The van der Waals surface area contributed by atoms with Crippen molar-refractivity contribution < 1.29 is 13.2 Å². The third-order valence-corrected chi connectivity index (χ3v) is 4.99. The molecular formula is C20H21N5O3S. The molecule has 2 aromatic carbocycles. The predicted octanol–water partition coefficient (Wildman–Crippen LogP) is 2.61. The SMILES string of the molecule is CC(=O)c1cc(-c2cccc(N=CN(C)C)c2)n(-c2ccc(S(N)(=O)=O)cc2)n1. The maximum atomic E-state index is 11.9. The largest absolute Gasteiger partial charge is 0.369 e. The molecule has 3 rings (SSSR count). The van der Waals surface area contributed by atoms with E-state index in [4.69, 9.17) is 5.14 Å². The molecule has 0 saturated heterocycles. The van der Waals surface area contributed by atoms with E-state index in [0.717, 1.165) is 11.3 Å². The van der Waals surface area contributed by atoms with Gasteiger partial charge in [-0.25, -0.2) is 23.2 Å². The van der Waals surface area contributed by atoms with Crippen molar-refractivity contribution in [3.63, 3.8) is 0 Å². The number of Topliss-reactive ketones (excluding diaryl/α,β-unsaturated/α-hetero) is 1. The Morgan fingerprint density at radius 2 is 1.83 bits per heavy atom. The molecular weight excluding hydrogens is 390 g/mol. The second-order valence-electron chi connectivity index (χ2n) is 6.68. The van der Waals surface area contributed by atoms with Crippen molar-refractivity contribution >= 4 is 27.8 Å². The molecule has 0 unspecified atom stereocenters. The summed E-state index contributed by atoms with van der Waals surface area (Å²) in [6.45, 7) is 1.44. The standard InChI is InChI=1S/C20H21N5O3S/c1-14(26)19-12-20(15-5-4-6-16(11-15)22-13-24(2)3)25(23-19)17-7-9-18(10-8-17)29(21,27)28/h4-13H,1-3H3,(H2,21,27,28). The van der Waals surface area contributed by atoms with Crippen molar-refractivity contribution in [1.29, 1.82) is 0 Å². The zero-order valence-corrected chi connectivity index (χ0v) is 17.1. The van der Waals surface area contributed by atoms with Crippen LogP contribution in [0.25, 0.3) is 16.9 Å². The van der Waals surface area contributed by atoms with Crippen LogP contribution in [0, 0.1) is 0 Å².